The maximum Gasteiger partial charge on any atom is 0.236 e. The summed E-state index contributed by atoms with van der Waals surface area (Å²) in [4.78, 5) is 20.7. The molecule has 0 aliphatic carbocycles. The van der Waals surface area contributed by atoms with Gasteiger partial charge in [0, 0.05) is 23.9 Å². The molecule has 0 aliphatic heterocycles. The molecule has 0 unspecified atom stereocenters. The summed E-state index contributed by atoms with van der Waals surface area (Å²) in [6.45, 7) is 8.38. The molecule has 0 spiro atoms. The van der Waals surface area contributed by atoms with Gasteiger partial charge in [-0.15, -0.1) is 0 Å². The van der Waals surface area contributed by atoms with Gasteiger partial charge in [0.1, 0.15) is 6.42 Å². The van der Waals surface area contributed by atoms with Crippen molar-refractivity contribution in [2.45, 2.75) is 46.0 Å². The van der Waals surface area contributed by atoms with Crippen LogP contribution in [-0.2, 0) is 23.1 Å². The molecule has 0 fully saturated rings. The highest BCUT2D eigenvalue weighted by molar-refractivity contribution is 5.77. The predicted octanol–water partition coefficient (Wildman–Crippen LogP) is 2.63. The molecule has 0 saturated heterocycles. The van der Waals surface area contributed by atoms with Gasteiger partial charge < -0.3 is 14.4 Å². The molecule has 142 valence electrons. The van der Waals surface area contributed by atoms with E-state index in [9.17, 15) is 4.79 Å². The molecule has 2 heterocycles. The second kappa shape index (κ2) is 7.69. The molecule has 2 aromatic heterocycles. The van der Waals surface area contributed by atoms with E-state index in [1.165, 1.54) is 0 Å². The van der Waals surface area contributed by atoms with Gasteiger partial charge in [-0.05, 0) is 12.5 Å². The van der Waals surface area contributed by atoms with Crippen molar-refractivity contribution < 1.29 is 13.8 Å². The number of nitrogens with one attached hydrogen (secondary N) is 1. The van der Waals surface area contributed by atoms with Crippen molar-refractivity contribution in [1.82, 2.24) is 25.6 Å². The number of nitrogens with zero attached hydrogens (tertiary/aromatic N) is 4. The third-order valence-electron chi connectivity index (χ3n) is 3.95. The van der Waals surface area contributed by atoms with Crippen LogP contribution in [0.2, 0.25) is 0 Å². The molecule has 1 N–H and O–H groups in total. The molecule has 0 bridgehead atoms. The molecule has 0 radical (unpaired) electrons. The van der Waals surface area contributed by atoms with Gasteiger partial charge in [0.2, 0.25) is 23.5 Å². The topological polar surface area (TPSA) is 107 Å². The van der Waals surface area contributed by atoms with Gasteiger partial charge in [-0.25, -0.2) is 0 Å². The van der Waals surface area contributed by atoms with Crippen LogP contribution >= 0.6 is 0 Å². The minimum absolute atomic E-state index is 0.0262. The summed E-state index contributed by atoms with van der Waals surface area (Å²) in [5.41, 5.74) is 1.74. The Kier molecular flexibility index (Phi) is 5.34. The smallest absolute Gasteiger partial charge is 0.236 e. The van der Waals surface area contributed by atoms with Crippen LogP contribution in [0.3, 0.4) is 0 Å². The monoisotopic (exact) mass is 369 g/mol. The molecular formula is C19H23N5O3. The fraction of sp³-hybridized carbons (Fsp3) is 0.421. The lowest BCUT2D eigenvalue weighted by Gasteiger charge is -2.10. The Morgan fingerprint density at radius 3 is 2.59 bits per heavy atom. The third-order valence-corrected chi connectivity index (χ3v) is 3.95. The fourth-order valence-electron chi connectivity index (χ4n) is 2.43. The van der Waals surface area contributed by atoms with Crippen molar-refractivity contribution in [2.24, 2.45) is 0 Å². The molecule has 0 aliphatic rings. The third kappa shape index (κ3) is 4.78. The van der Waals surface area contributed by atoms with Gasteiger partial charge in [-0.2, -0.15) is 9.97 Å². The number of carbonyl (C=O) groups excluding carboxylic acids is 1. The molecular weight excluding hydrogens is 346 g/mol. The number of hydrogen-bond acceptors (Lipinski definition) is 7. The van der Waals surface area contributed by atoms with Crippen LogP contribution in [0.25, 0.3) is 11.4 Å². The van der Waals surface area contributed by atoms with Crippen LogP contribution in [0.15, 0.2) is 33.3 Å². The van der Waals surface area contributed by atoms with Gasteiger partial charge in [-0.1, -0.05) is 55.4 Å². The van der Waals surface area contributed by atoms with Gasteiger partial charge in [0.25, 0.3) is 0 Å². The Hall–Kier alpha value is -3.03. The Labute approximate surface area is 157 Å². The van der Waals surface area contributed by atoms with Gasteiger partial charge in [-0.3, -0.25) is 4.79 Å². The van der Waals surface area contributed by atoms with E-state index < -0.39 is 0 Å². The van der Waals surface area contributed by atoms with Gasteiger partial charge in [0.15, 0.2) is 5.82 Å². The number of benzene rings is 1. The van der Waals surface area contributed by atoms with E-state index in [2.05, 4.69) is 25.6 Å². The standard InChI is InChI=1S/C19H23N5O3/c1-12-7-5-6-8-13(12)17-22-16(26-24-17)11-15(25)20-10-9-14-21-18(27-23-14)19(2,3)4/h5-8H,9-11H2,1-4H3,(H,20,25). The first-order valence-corrected chi connectivity index (χ1v) is 8.81. The zero-order chi connectivity index (χ0) is 19.4. The Morgan fingerprint density at radius 2 is 1.89 bits per heavy atom. The highest BCUT2D eigenvalue weighted by Crippen LogP contribution is 2.20. The highest BCUT2D eigenvalue weighted by atomic mass is 16.5. The van der Waals surface area contributed by atoms with Crippen molar-refractivity contribution >= 4 is 5.91 Å². The first-order valence-electron chi connectivity index (χ1n) is 8.81. The van der Waals surface area contributed by atoms with Crippen LogP contribution in [0.4, 0.5) is 0 Å². The SMILES string of the molecule is Cc1ccccc1-c1noc(CC(=O)NCCc2noc(C(C)(C)C)n2)n1. The van der Waals surface area contributed by atoms with E-state index in [1.54, 1.807) is 0 Å². The van der Waals surface area contributed by atoms with Crippen molar-refractivity contribution in [3.8, 4) is 11.4 Å². The minimum Gasteiger partial charge on any atom is -0.355 e. The predicted molar refractivity (Wildman–Crippen MR) is 97.9 cm³/mol. The van der Waals surface area contributed by atoms with E-state index in [0.29, 0.717) is 30.5 Å². The molecule has 1 amide bonds. The first-order chi connectivity index (χ1) is 12.8. The van der Waals surface area contributed by atoms with Crippen LogP contribution < -0.4 is 5.32 Å². The number of amides is 1. The first kappa shape index (κ1) is 18.8. The molecule has 3 aromatic rings. The average molecular weight is 369 g/mol. The van der Waals surface area contributed by atoms with Crippen LogP contribution in [0.1, 0.15) is 43.9 Å². The molecule has 8 heteroatoms. The average Bonchev–Trinajstić information content (AvgIpc) is 3.24. The fourth-order valence-corrected chi connectivity index (χ4v) is 2.43. The lowest BCUT2D eigenvalue weighted by molar-refractivity contribution is -0.120. The second-order valence-electron chi connectivity index (χ2n) is 7.37. The van der Waals surface area contributed by atoms with Crippen LogP contribution in [0, 0.1) is 6.92 Å². The number of rotatable bonds is 6. The summed E-state index contributed by atoms with van der Waals surface area (Å²) >= 11 is 0. The lowest BCUT2D eigenvalue weighted by Crippen LogP contribution is -2.27. The van der Waals surface area contributed by atoms with E-state index >= 15 is 0 Å². The van der Waals surface area contributed by atoms with Crippen molar-refractivity contribution in [1.29, 1.82) is 0 Å². The molecule has 27 heavy (non-hydrogen) atoms. The zero-order valence-corrected chi connectivity index (χ0v) is 15.9. The summed E-state index contributed by atoms with van der Waals surface area (Å²) in [6, 6.07) is 7.75. The van der Waals surface area contributed by atoms with Crippen molar-refractivity contribution in [3.05, 3.63) is 47.4 Å². The summed E-state index contributed by atoms with van der Waals surface area (Å²) in [7, 11) is 0. The van der Waals surface area contributed by atoms with Gasteiger partial charge >= 0.3 is 0 Å². The summed E-state index contributed by atoms with van der Waals surface area (Å²) in [5.74, 6) is 1.71. The second-order valence-corrected chi connectivity index (χ2v) is 7.37. The van der Waals surface area contributed by atoms with Crippen LogP contribution in [0.5, 0.6) is 0 Å². The maximum absolute atomic E-state index is 12.1. The molecule has 8 nitrogen and oxygen atoms in total. The normalized spacial score (nSPS) is 11.6. The maximum atomic E-state index is 12.1. The lowest BCUT2D eigenvalue weighted by atomic mass is 9.97. The van der Waals surface area contributed by atoms with Crippen LogP contribution in [-0.4, -0.2) is 32.7 Å². The van der Waals surface area contributed by atoms with E-state index in [0.717, 1.165) is 11.1 Å². The molecule has 0 saturated carbocycles. The number of aromatic nitrogens is 4. The largest absolute Gasteiger partial charge is 0.355 e. The number of hydrogen-bond donors (Lipinski definition) is 1. The number of carbonyl (C=O) groups is 1. The Bertz CT molecular complexity index is 923. The van der Waals surface area contributed by atoms with Crippen molar-refractivity contribution in [2.75, 3.05) is 6.54 Å². The van der Waals surface area contributed by atoms with Gasteiger partial charge in [0.05, 0.1) is 0 Å². The molecule has 3 rings (SSSR count). The zero-order valence-electron chi connectivity index (χ0n) is 15.9. The van der Waals surface area contributed by atoms with E-state index in [-0.39, 0.29) is 23.6 Å². The van der Waals surface area contributed by atoms with E-state index in [4.69, 9.17) is 9.05 Å². The Balaban J connectivity index is 1.50. The molecule has 1 aromatic carbocycles. The van der Waals surface area contributed by atoms with Crippen molar-refractivity contribution in [3.63, 3.8) is 0 Å². The minimum atomic E-state index is -0.200. The highest BCUT2D eigenvalue weighted by Gasteiger charge is 2.21. The molecule has 0 atom stereocenters. The summed E-state index contributed by atoms with van der Waals surface area (Å²) in [5, 5.41) is 10.7. The van der Waals surface area contributed by atoms with E-state index in [1.807, 2.05) is 52.0 Å². The summed E-state index contributed by atoms with van der Waals surface area (Å²) in [6.07, 6.45) is 0.516. The summed E-state index contributed by atoms with van der Waals surface area (Å²) < 4.78 is 10.4. The number of aryl methyl sites for hydroxylation is 1. The quantitative estimate of drug-likeness (QED) is 0.711. The Morgan fingerprint density at radius 1 is 1.11 bits per heavy atom.